The Morgan fingerprint density at radius 1 is 1.27 bits per heavy atom. The van der Waals surface area contributed by atoms with Crippen molar-refractivity contribution >= 4 is 24.2 Å². The lowest BCUT2D eigenvalue weighted by Gasteiger charge is -2.37. The second kappa shape index (κ2) is 8.73. The molecule has 0 aliphatic carbocycles. The van der Waals surface area contributed by atoms with Gasteiger partial charge in [-0.1, -0.05) is 13.8 Å². The van der Waals surface area contributed by atoms with E-state index in [1.165, 1.54) is 0 Å². The van der Waals surface area contributed by atoms with Gasteiger partial charge in [-0.25, -0.2) is 0 Å². The van der Waals surface area contributed by atoms with Gasteiger partial charge in [-0.15, -0.1) is 12.4 Å². The van der Waals surface area contributed by atoms with Crippen LogP contribution in [0.4, 0.5) is 0 Å². The first-order valence-electron chi connectivity index (χ1n) is 8.34. The molecule has 2 fully saturated rings. The molecule has 2 N–H and O–H groups in total. The van der Waals surface area contributed by atoms with E-state index in [0.717, 1.165) is 58.3 Å². The van der Waals surface area contributed by atoms with Crippen molar-refractivity contribution in [3.63, 3.8) is 0 Å². The summed E-state index contributed by atoms with van der Waals surface area (Å²) in [7, 11) is 0. The van der Waals surface area contributed by atoms with Gasteiger partial charge >= 0.3 is 0 Å². The molecule has 0 spiro atoms. The van der Waals surface area contributed by atoms with Crippen molar-refractivity contribution in [1.82, 2.24) is 15.5 Å². The summed E-state index contributed by atoms with van der Waals surface area (Å²) in [6.07, 6.45) is 5.51. The summed E-state index contributed by atoms with van der Waals surface area (Å²) in [6.45, 7) is 7.60. The monoisotopic (exact) mass is 331 g/mol. The van der Waals surface area contributed by atoms with E-state index in [1.807, 2.05) is 6.92 Å². The van der Waals surface area contributed by atoms with E-state index in [2.05, 4.69) is 17.6 Å². The van der Waals surface area contributed by atoms with Crippen molar-refractivity contribution in [3.8, 4) is 0 Å². The van der Waals surface area contributed by atoms with Gasteiger partial charge in [-0.2, -0.15) is 0 Å². The second-order valence-electron chi connectivity index (χ2n) is 6.73. The summed E-state index contributed by atoms with van der Waals surface area (Å²) in [4.78, 5) is 26.3. The van der Waals surface area contributed by atoms with Crippen LogP contribution < -0.4 is 10.6 Å². The number of nitrogens with zero attached hydrogens (tertiary/aromatic N) is 1. The Morgan fingerprint density at radius 3 is 2.59 bits per heavy atom. The van der Waals surface area contributed by atoms with Crippen LogP contribution in [0.25, 0.3) is 0 Å². The number of halogens is 1. The normalized spacial score (nSPS) is 24.3. The Bertz CT molecular complexity index is 384. The standard InChI is InChI=1S/C16H29N3O2.ClH/c1-3-14(20)19-11-5-4-6-13(19)15(21)18-12-16(2)7-9-17-10-8-16;/h13,17H,3-12H2,1-2H3,(H,18,21);1H. The van der Waals surface area contributed by atoms with Crippen molar-refractivity contribution in [2.75, 3.05) is 26.2 Å². The number of rotatable bonds is 4. The number of amides is 2. The fourth-order valence-electron chi connectivity index (χ4n) is 3.33. The average Bonchev–Trinajstić information content (AvgIpc) is 2.52. The minimum Gasteiger partial charge on any atom is -0.354 e. The SMILES string of the molecule is CCC(=O)N1CCCCC1C(=O)NCC1(C)CCNCC1.Cl. The summed E-state index contributed by atoms with van der Waals surface area (Å²) < 4.78 is 0. The minimum absolute atomic E-state index is 0. The van der Waals surface area contributed by atoms with Crippen LogP contribution in [-0.2, 0) is 9.59 Å². The molecule has 6 heteroatoms. The van der Waals surface area contributed by atoms with Crippen molar-refractivity contribution in [2.24, 2.45) is 5.41 Å². The van der Waals surface area contributed by atoms with Gasteiger partial charge in [-0.3, -0.25) is 9.59 Å². The molecule has 0 aromatic rings. The van der Waals surface area contributed by atoms with E-state index in [4.69, 9.17) is 0 Å². The van der Waals surface area contributed by atoms with Crippen molar-refractivity contribution in [1.29, 1.82) is 0 Å². The summed E-state index contributed by atoms with van der Waals surface area (Å²) in [6, 6.07) is -0.253. The van der Waals surface area contributed by atoms with E-state index >= 15 is 0 Å². The maximum Gasteiger partial charge on any atom is 0.242 e. The number of hydrogen-bond acceptors (Lipinski definition) is 3. The van der Waals surface area contributed by atoms with Gasteiger partial charge in [0.2, 0.25) is 11.8 Å². The molecule has 2 aliphatic rings. The van der Waals surface area contributed by atoms with E-state index in [-0.39, 0.29) is 35.7 Å². The zero-order valence-corrected chi connectivity index (χ0v) is 14.6. The number of carbonyl (C=O) groups is 2. The largest absolute Gasteiger partial charge is 0.354 e. The molecule has 1 unspecified atom stereocenters. The third-order valence-electron chi connectivity index (χ3n) is 4.93. The molecule has 0 aromatic heterocycles. The third-order valence-corrected chi connectivity index (χ3v) is 4.93. The highest BCUT2D eigenvalue weighted by atomic mass is 35.5. The molecule has 2 rings (SSSR count). The van der Waals surface area contributed by atoms with Crippen LogP contribution in [0.5, 0.6) is 0 Å². The van der Waals surface area contributed by atoms with Gasteiger partial charge in [0.15, 0.2) is 0 Å². The Balaban J connectivity index is 0.00000242. The molecule has 2 amide bonds. The van der Waals surface area contributed by atoms with E-state index in [9.17, 15) is 9.59 Å². The highest BCUT2D eigenvalue weighted by molar-refractivity contribution is 5.87. The van der Waals surface area contributed by atoms with Gasteiger partial charge in [0.25, 0.3) is 0 Å². The summed E-state index contributed by atoms with van der Waals surface area (Å²) in [5.41, 5.74) is 0.190. The number of nitrogens with one attached hydrogen (secondary N) is 2. The van der Waals surface area contributed by atoms with E-state index in [1.54, 1.807) is 4.90 Å². The van der Waals surface area contributed by atoms with Crippen molar-refractivity contribution in [2.45, 2.75) is 58.4 Å². The summed E-state index contributed by atoms with van der Waals surface area (Å²) in [5.74, 6) is 0.138. The zero-order chi connectivity index (χ0) is 15.3. The molecular weight excluding hydrogens is 302 g/mol. The van der Waals surface area contributed by atoms with Gasteiger partial charge in [0.1, 0.15) is 6.04 Å². The molecule has 0 saturated carbocycles. The quantitative estimate of drug-likeness (QED) is 0.824. The van der Waals surface area contributed by atoms with E-state index < -0.39 is 0 Å². The molecule has 128 valence electrons. The van der Waals surface area contributed by atoms with Gasteiger partial charge in [-0.05, 0) is 50.6 Å². The van der Waals surface area contributed by atoms with Gasteiger partial charge in [0, 0.05) is 19.5 Å². The van der Waals surface area contributed by atoms with Crippen LogP contribution in [0.3, 0.4) is 0 Å². The van der Waals surface area contributed by atoms with Gasteiger partial charge in [0.05, 0.1) is 0 Å². The number of carbonyl (C=O) groups excluding carboxylic acids is 2. The number of piperidine rings is 2. The molecule has 0 radical (unpaired) electrons. The lowest BCUT2D eigenvalue weighted by Crippen LogP contribution is -2.53. The third kappa shape index (κ3) is 4.85. The lowest BCUT2D eigenvalue weighted by molar-refractivity contribution is -0.142. The van der Waals surface area contributed by atoms with Crippen LogP contribution in [0.15, 0.2) is 0 Å². The lowest BCUT2D eigenvalue weighted by atomic mass is 9.81. The average molecular weight is 332 g/mol. The Hall–Kier alpha value is -0.810. The smallest absolute Gasteiger partial charge is 0.242 e. The van der Waals surface area contributed by atoms with Crippen molar-refractivity contribution < 1.29 is 9.59 Å². The highest BCUT2D eigenvalue weighted by Gasteiger charge is 2.33. The molecule has 22 heavy (non-hydrogen) atoms. The maximum atomic E-state index is 12.5. The molecule has 2 aliphatic heterocycles. The molecule has 0 aromatic carbocycles. The fourth-order valence-corrected chi connectivity index (χ4v) is 3.33. The van der Waals surface area contributed by atoms with Crippen LogP contribution in [-0.4, -0.2) is 48.9 Å². The van der Waals surface area contributed by atoms with Crippen molar-refractivity contribution in [3.05, 3.63) is 0 Å². The van der Waals surface area contributed by atoms with Crippen LogP contribution >= 0.6 is 12.4 Å². The first-order valence-corrected chi connectivity index (χ1v) is 8.34. The van der Waals surface area contributed by atoms with Crippen LogP contribution in [0.1, 0.15) is 52.4 Å². The summed E-state index contributed by atoms with van der Waals surface area (Å²) >= 11 is 0. The van der Waals surface area contributed by atoms with Crippen LogP contribution in [0, 0.1) is 5.41 Å². The first kappa shape index (κ1) is 19.2. The number of hydrogen-bond donors (Lipinski definition) is 2. The maximum absolute atomic E-state index is 12.5. The molecule has 2 saturated heterocycles. The number of likely N-dealkylation sites (tertiary alicyclic amines) is 1. The predicted octanol–water partition coefficient (Wildman–Crippen LogP) is 1.71. The molecule has 1 atom stereocenters. The van der Waals surface area contributed by atoms with E-state index in [0.29, 0.717) is 6.42 Å². The zero-order valence-electron chi connectivity index (χ0n) is 13.8. The Morgan fingerprint density at radius 2 is 1.95 bits per heavy atom. The fraction of sp³-hybridized carbons (Fsp3) is 0.875. The minimum atomic E-state index is -0.253. The summed E-state index contributed by atoms with van der Waals surface area (Å²) in [5, 5.41) is 6.47. The topological polar surface area (TPSA) is 61.4 Å². The first-order chi connectivity index (χ1) is 10.1. The molecule has 0 bridgehead atoms. The molecular formula is C16H30ClN3O2. The highest BCUT2D eigenvalue weighted by Crippen LogP contribution is 2.27. The van der Waals surface area contributed by atoms with Gasteiger partial charge < -0.3 is 15.5 Å². The van der Waals surface area contributed by atoms with Crippen LogP contribution in [0.2, 0.25) is 0 Å². The molecule has 5 nitrogen and oxygen atoms in total. The second-order valence-corrected chi connectivity index (χ2v) is 6.73. The Labute approximate surface area is 140 Å². The Kier molecular flexibility index (Phi) is 7.63. The molecule has 2 heterocycles. The predicted molar refractivity (Wildman–Crippen MR) is 90.1 cm³/mol.